The van der Waals surface area contributed by atoms with Gasteiger partial charge < -0.3 is 9.64 Å². The topological polar surface area (TPSA) is 116 Å². The van der Waals surface area contributed by atoms with Gasteiger partial charge >= 0.3 is 5.97 Å². The number of rotatable bonds is 6. The summed E-state index contributed by atoms with van der Waals surface area (Å²) >= 11 is 0. The number of hydrogen-bond donors (Lipinski definition) is 0. The Balaban J connectivity index is 1.87. The predicted octanol–water partition coefficient (Wildman–Crippen LogP) is 1.56. The van der Waals surface area contributed by atoms with Crippen LogP contribution in [0, 0.1) is 0 Å². The number of esters is 1. The van der Waals surface area contributed by atoms with Crippen molar-refractivity contribution in [2.75, 3.05) is 18.1 Å². The summed E-state index contributed by atoms with van der Waals surface area (Å²) in [6, 6.07) is 5.91. The van der Waals surface area contributed by atoms with Gasteiger partial charge in [-0.05, 0) is 40.2 Å². The normalized spacial score (nSPS) is 18.8. The number of benzene rings is 1. The molecular formula is C21H27N3O6S. The van der Waals surface area contributed by atoms with E-state index in [1.54, 1.807) is 45.0 Å². The summed E-state index contributed by atoms with van der Waals surface area (Å²) in [5, 5.41) is 4.89. The second-order valence-corrected chi connectivity index (χ2v) is 10.2. The molecule has 0 aliphatic carbocycles. The maximum atomic E-state index is 12.9. The molecule has 2 atom stereocenters. The Morgan fingerprint density at radius 3 is 2.42 bits per heavy atom. The number of fused-ring (bicyclic) bond motifs is 1. The van der Waals surface area contributed by atoms with Crippen LogP contribution in [0.25, 0.3) is 10.8 Å². The van der Waals surface area contributed by atoms with Gasteiger partial charge in [-0.25, -0.2) is 17.9 Å². The Bertz CT molecular complexity index is 1170. The lowest BCUT2D eigenvalue weighted by atomic mass is 10.1. The summed E-state index contributed by atoms with van der Waals surface area (Å²) in [5.74, 6) is -1.32. The van der Waals surface area contributed by atoms with Crippen LogP contribution in [0.2, 0.25) is 0 Å². The van der Waals surface area contributed by atoms with Crippen molar-refractivity contribution in [2.24, 2.45) is 0 Å². The molecule has 0 saturated carbocycles. The van der Waals surface area contributed by atoms with E-state index >= 15 is 0 Å². The largest absolute Gasteiger partial charge is 0.448 e. The third-order valence-corrected chi connectivity index (χ3v) is 7.17. The van der Waals surface area contributed by atoms with Crippen LogP contribution in [-0.2, 0) is 19.4 Å². The fourth-order valence-electron chi connectivity index (χ4n) is 3.82. The lowest BCUT2D eigenvalue weighted by Gasteiger charge is -2.29. The number of nitrogens with zero attached hydrogens (tertiary/aromatic N) is 3. The number of carbonyl (C=O) groups excluding carboxylic acids is 2. The molecule has 1 aromatic carbocycles. The number of carbonyl (C=O) groups is 2. The van der Waals surface area contributed by atoms with Crippen LogP contribution in [0.3, 0.4) is 0 Å². The van der Waals surface area contributed by atoms with Crippen LogP contribution in [0.15, 0.2) is 29.1 Å². The average Bonchev–Trinajstić information content (AvgIpc) is 3.07. The second kappa shape index (κ2) is 8.78. The van der Waals surface area contributed by atoms with Gasteiger partial charge in [0.05, 0.1) is 22.9 Å². The molecule has 168 valence electrons. The van der Waals surface area contributed by atoms with Gasteiger partial charge in [0.1, 0.15) is 0 Å². The van der Waals surface area contributed by atoms with Crippen molar-refractivity contribution in [2.45, 2.75) is 52.3 Å². The summed E-state index contributed by atoms with van der Waals surface area (Å²) in [6.07, 6.45) is -0.760. The van der Waals surface area contributed by atoms with Gasteiger partial charge in [0, 0.05) is 18.0 Å². The maximum absolute atomic E-state index is 12.9. The number of ether oxygens (including phenoxy) is 1. The third kappa shape index (κ3) is 4.63. The molecule has 1 aliphatic rings. The molecule has 2 heterocycles. The van der Waals surface area contributed by atoms with Crippen molar-refractivity contribution in [1.82, 2.24) is 14.7 Å². The number of amides is 1. The zero-order valence-corrected chi connectivity index (χ0v) is 18.9. The molecule has 1 aromatic heterocycles. The molecule has 2 unspecified atom stereocenters. The van der Waals surface area contributed by atoms with Crippen molar-refractivity contribution < 1.29 is 22.7 Å². The van der Waals surface area contributed by atoms with Crippen LogP contribution in [-0.4, -0.2) is 65.2 Å². The first-order chi connectivity index (χ1) is 14.6. The van der Waals surface area contributed by atoms with E-state index in [9.17, 15) is 22.8 Å². The predicted molar refractivity (Wildman–Crippen MR) is 116 cm³/mol. The van der Waals surface area contributed by atoms with E-state index in [1.165, 1.54) is 16.5 Å². The minimum atomic E-state index is -3.16. The fraction of sp³-hybridized carbons (Fsp3) is 0.524. The molecule has 0 spiro atoms. The maximum Gasteiger partial charge on any atom is 0.360 e. The fourth-order valence-corrected chi connectivity index (χ4v) is 5.55. The Kier molecular flexibility index (Phi) is 6.49. The zero-order valence-electron chi connectivity index (χ0n) is 18.1. The lowest BCUT2D eigenvalue weighted by Crippen LogP contribution is -2.46. The van der Waals surface area contributed by atoms with Crippen LogP contribution in [0.5, 0.6) is 0 Å². The molecule has 3 rings (SSSR count). The second-order valence-electron chi connectivity index (χ2n) is 7.97. The van der Waals surface area contributed by atoms with E-state index < -0.39 is 33.9 Å². The first kappa shape index (κ1) is 22.9. The van der Waals surface area contributed by atoms with Gasteiger partial charge in [-0.2, -0.15) is 5.10 Å². The minimum absolute atomic E-state index is 0.0439. The summed E-state index contributed by atoms with van der Waals surface area (Å²) in [7, 11) is -3.16. The average molecular weight is 450 g/mol. The highest BCUT2D eigenvalue weighted by atomic mass is 32.2. The third-order valence-electron chi connectivity index (χ3n) is 5.42. The highest BCUT2D eigenvalue weighted by molar-refractivity contribution is 7.91. The highest BCUT2D eigenvalue weighted by Gasteiger charge is 2.36. The SMILES string of the molecule is CCN(C(=O)C(C)OC(=O)c1nn(C(C)C)c(=O)c2ccccc12)C1CCS(=O)(=O)C1. The molecule has 0 N–H and O–H groups in total. The van der Waals surface area contributed by atoms with Crippen molar-refractivity contribution in [3.05, 3.63) is 40.3 Å². The first-order valence-electron chi connectivity index (χ1n) is 10.3. The smallest absolute Gasteiger partial charge is 0.360 e. The first-order valence-corrected chi connectivity index (χ1v) is 12.1. The minimum Gasteiger partial charge on any atom is -0.448 e. The van der Waals surface area contributed by atoms with Crippen LogP contribution >= 0.6 is 0 Å². The monoisotopic (exact) mass is 449 g/mol. The molecule has 1 saturated heterocycles. The van der Waals surface area contributed by atoms with Gasteiger partial charge in [-0.15, -0.1) is 0 Å². The Hall–Kier alpha value is -2.75. The van der Waals surface area contributed by atoms with Gasteiger partial charge in [0.2, 0.25) is 0 Å². The van der Waals surface area contributed by atoms with E-state index in [0.29, 0.717) is 23.7 Å². The number of hydrogen-bond acceptors (Lipinski definition) is 7. The van der Waals surface area contributed by atoms with Gasteiger partial charge in [-0.3, -0.25) is 9.59 Å². The Morgan fingerprint density at radius 1 is 1.23 bits per heavy atom. The summed E-state index contributed by atoms with van der Waals surface area (Å²) in [4.78, 5) is 39.9. The van der Waals surface area contributed by atoms with Crippen molar-refractivity contribution in [3.63, 3.8) is 0 Å². The van der Waals surface area contributed by atoms with Crippen molar-refractivity contribution in [3.8, 4) is 0 Å². The van der Waals surface area contributed by atoms with Crippen molar-refractivity contribution in [1.29, 1.82) is 0 Å². The van der Waals surface area contributed by atoms with E-state index in [2.05, 4.69) is 5.10 Å². The Morgan fingerprint density at radius 2 is 1.87 bits per heavy atom. The van der Waals surface area contributed by atoms with Gasteiger partial charge in [-0.1, -0.05) is 18.2 Å². The summed E-state index contributed by atoms with van der Waals surface area (Å²) in [5.41, 5.74) is -0.360. The molecule has 0 bridgehead atoms. The number of likely N-dealkylation sites (N-methyl/N-ethyl adjacent to an activating group) is 1. The van der Waals surface area contributed by atoms with E-state index in [0.717, 1.165) is 0 Å². The van der Waals surface area contributed by atoms with Crippen molar-refractivity contribution >= 4 is 32.5 Å². The molecule has 31 heavy (non-hydrogen) atoms. The highest BCUT2D eigenvalue weighted by Crippen LogP contribution is 2.20. The van der Waals surface area contributed by atoms with Crippen LogP contribution in [0.4, 0.5) is 0 Å². The molecule has 10 heteroatoms. The molecule has 1 aliphatic heterocycles. The molecule has 2 aromatic rings. The summed E-state index contributed by atoms with van der Waals surface area (Å²) in [6.45, 7) is 7.07. The summed E-state index contributed by atoms with van der Waals surface area (Å²) < 4.78 is 30.2. The molecule has 1 amide bonds. The Labute approximate surface area is 180 Å². The lowest BCUT2D eigenvalue weighted by molar-refractivity contribution is -0.141. The number of sulfone groups is 1. The molecule has 0 radical (unpaired) electrons. The van der Waals surface area contributed by atoms with Crippen LogP contribution in [0.1, 0.15) is 50.6 Å². The van der Waals surface area contributed by atoms with E-state index in [-0.39, 0.29) is 28.8 Å². The molecular weight excluding hydrogens is 422 g/mol. The standard InChI is InChI=1S/C21H27N3O6S/c1-5-23(15-10-11-31(28,29)12-15)19(25)14(4)30-21(27)18-16-8-6-7-9-17(16)20(26)24(22-18)13(2)3/h6-9,13-15H,5,10-12H2,1-4H3. The molecule has 1 fully saturated rings. The van der Waals surface area contributed by atoms with Crippen LogP contribution < -0.4 is 5.56 Å². The number of aromatic nitrogens is 2. The van der Waals surface area contributed by atoms with E-state index in [1.807, 2.05) is 0 Å². The van der Waals surface area contributed by atoms with Gasteiger partial charge in [0.25, 0.3) is 11.5 Å². The van der Waals surface area contributed by atoms with Gasteiger partial charge in [0.15, 0.2) is 21.6 Å². The molecule has 9 nitrogen and oxygen atoms in total. The van der Waals surface area contributed by atoms with E-state index in [4.69, 9.17) is 4.74 Å². The quantitative estimate of drug-likeness (QED) is 0.615. The zero-order chi connectivity index (χ0) is 22.9.